The molecule has 8 nitrogen and oxygen atoms in total. The fourth-order valence-electron chi connectivity index (χ4n) is 2.54. The van der Waals surface area contributed by atoms with E-state index < -0.39 is 12.2 Å². The summed E-state index contributed by atoms with van der Waals surface area (Å²) in [6.45, 7) is 0.167. The molecule has 0 radical (unpaired) electrons. The number of aliphatic hydroxyl groups excluding tert-OH is 2. The molecule has 2 aromatic rings. The smallest absolute Gasteiger partial charge is 0.226 e. The highest BCUT2D eigenvalue weighted by molar-refractivity contribution is 6.28. The van der Waals surface area contributed by atoms with Crippen molar-refractivity contribution in [3.63, 3.8) is 0 Å². The monoisotopic (exact) mass is 313 g/mol. The van der Waals surface area contributed by atoms with Crippen LogP contribution in [0.25, 0.3) is 11.2 Å². The summed E-state index contributed by atoms with van der Waals surface area (Å²) in [5.74, 6) is 0.550. The van der Waals surface area contributed by atoms with Gasteiger partial charge in [0.25, 0.3) is 0 Å². The van der Waals surface area contributed by atoms with Crippen molar-refractivity contribution >= 4 is 28.6 Å². The lowest BCUT2D eigenvalue weighted by Crippen LogP contribution is -2.41. The normalized spacial score (nSPS) is 26.2. The van der Waals surface area contributed by atoms with Crippen molar-refractivity contribution in [1.29, 1.82) is 0 Å². The minimum absolute atomic E-state index is 0.122. The molecule has 3 heterocycles. The fraction of sp³-hybridized carbons (Fsp3) is 0.583. The molecule has 3 rings (SSSR count). The number of imidazole rings is 1. The van der Waals surface area contributed by atoms with Gasteiger partial charge in [-0.05, 0) is 18.0 Å². The number of nitrogens with zero attached hydrogens (tertiary/aromatic N) is 4. The molecule has 3 N–H and O–H groups in total. The maximum absolute atomic E-state index is 9.98. The van der Waals surface area contributed by atoms with E-state index in [2.05, 4.69) is 20.3 Å². The Bertz CT molecular complexity index is 649. The van der Waals surface area contributed by atoms with Crippen LogP contribution in [0.3, 0.4) is 0 Å². The van der Waals surface area contributed by atoms with E-state index >= 15 is 0 Å². The maximum Gasteiger partial charge on any atom is 0.226 e. The summed E-state index contributed by atoms with van der Waals surface area (Å²) in [5, 5.41) is 22.1. The molecular formula is C12H16ClN5O3. The van der Waals surface area contributed by atoms with Gasteiger partial charge in [0.15, 0.2) is 17.0 Å². The predicted molar refractivity (Wildman–Crippen MR) is 76.4 cm³/mol. The van der Waals surface area contributed by atoms with Crippen LogP contribution >= 0.6 is 11.6 Å². The van der Waals surface area contributed by atoms with E-state index in [4.69, 9.17) is 21.4 Å². The van der Waals surface area contributed by atoms with E-state index in [1.165, 1.54) is 0 Å². The second-order valence-electron chi connectivity index (χ2n) is 4.93. The van der Waals surface area contributed by atoms with Gasteiger partial charge in [-0.25, -0.2) is 4.98 Å². The third-order valence-corrected chi connectivity index (χ3v) is 3.82. The highest BCUT2D eigenvalue weighted by Crippen LogP contribution is 2.28. The van der Waals surface area contributed by atoms with Crippen molar-refractivity contribution in [2.75, 3.05) is 25.6 Å². The highest BCUT2D eigenvalue weighted by Gasteiger charge is 2.31. The number of aromatic nitrogens is 4. The predicted octanol–water partition coefficient (Wildman–Crippen LogP) is 0.205. The fourth-order valence-corrected chi connectivity index (χ4v) is 2.71. The Morgan fingerprint density at radius 3 is 3.00 bits per heavy atom. The second-order valence-corrected chi connectivity index (χ2v) is 5.26. The summed E-state index contributed by atoms with van der Waals surface area (Å²) in [5.41, 5.74) is 1.20. The van der Waals surface area contributed by atoms with Crippen molar-refractivity contribution < 1.29 is 14.9 Å². The zero-order valence-corrected chi connectivity index (χ0v) is 12.2. The van der Waals surface area contributed by atoms with Gasteiger partial charge in [-0.2, -0.15) is 9.97 Å². The number of hydrogen-bond acceptors (Lipinski definition) is 7. The number of hydrogen-bond donors (Lipinski definition) is 3. The molecule has 1 fully saturated rings. The number of aliphatic hydroxyl groups is 2. The van der Waals surface area contributed by atoms with Crippen LogP contribution in [0.4, 0.5) is 5.82 Å². The zero-order chi connectivity index (χ0) is 15.0. The SMILES string of the molecule is CNc1nc(Cl)nc2c1ncn2[C@@H]1CO[C@H](CO)[C@@H](O)C1. The lowest BCUT2D eigenvalue weighted by atomic mass is 10.0. The molecule has 0 aliphatic carbocycles. The van der Waals surface area contributed by atoms with Crippen LogP contribution in [0.5, 0.6) is 0 Å². The van der Waals surface area contributed by atoms with E-state index in [9.17, 15) is 5.11 Å². The summed E-state index contributed by atoms with van der Waals surface area (Å²) in [6.07, 6.45) is 0.818. The van der Waals surface area contributed by atoms with Gasteiger partial charge in [0.05, 0.1) is 31.7 Å². The molecule has 1 saturated heterocycles. The Labute approximate surface area is 125 Å². The van der Waals surface area contributed by atoms with Crippen molar-refractivity contribution in [3.8, 4) is 0 Å². The van der Waals surface area contributed by atoms with Crippen LogP contribution in [-0.4, -0.2) is 62.2 Å². The van der Waals surface area contributed by atoms with E-state index in [-0.39, 0.29) is 17.9 Å². The number of fused-ring (bicyclic) bond motifs is 1. The summed E-state index contributed by atoms with van der Waals surface area (Å²) in [7, 11) is 1.73. The Kier molecular flexibility index (Phi) is 3.94. The van der Waals surface area contributed by atoms with E-state index in [0.717, 1.165) is 0 Å². The second kappa shape index (κ2) is 5.72. The number of halogens is 1. The van der Waals surface area contributed by atoms with Gasteiger partial charge in [-0.1, -0.05) is 0 Å². The van der Waals surface area contributed by atoms with Crippen LogP contribution in [-0.2, 0) is 4.74 Å². The maximum atomic E-state index is 9.98. The Morgan fingerprint density at radius 2 is 2.33 bits per heavy atom. The highest BCUT2D eigenvalue weighted by atomic mass is 35.5. The largest absolute Gasteiger partial charge is 0.394 e. The van der Waals surface area contributed by atoms with Gasteiger partial charge >= 0.3 is 0 Å². The lowest BCUT2D eigenvalue weighted by Gasteiger charge is -2.33. The van der Waals surface area contributed by atoms with Crippen molar-refractivity contribution in [2.45, 2.75) is 24.7 Å². The van der Waals surface area contributed by atoms with Crippen LogP contribution in [0.1, 0.15) is 12.5 Å². The van der Waals surface area contributed by atoms with Gasteiger partial charge in [0.1, 0.15) is 6.10 Å². The number of rotatable bonds is 3. The molecule has 114 valence electrons. The summed E-state index contributed by atoms with van der Waals surface area (Å²) in [4.78, 5) is 12.6. The topological polar surface area (TPSA) is 105 Å². The van der Waals surface area contributed by atoms with Gasteiger partial charge in [-0.3, -0.25) is 0 Å². The minimum atomic E-state index is -0.729. The van der Waals surface area contributed by atoms with Crippen LogP contribution in [0.15, 0.2) is 6.33 Å². The zero-order valence-electron chi connectivity index (χ0n) is 11.4. The molecule has 0 amide bonds. The number of nitrogens with one attached hydrogen (secondary N) is 1. The Balaban J connectivity index is 1.96. The third-order valence-electron chi connectivity index (χ3n) is 3.65. The summed E-state index contributed by atoms with van der Waals surface area (Å²) < 4.78 is 7.29. The molecule has 0 spiro atoms. The van der Waals surface area contributed by atoms with Gasteiger partial charge in [-0.15, -0.1) is 0 Å². The van der Waals surface area contributed by atoms with Gasteiger partial charge in [0, 0.05) is 7.05 Å². The van der Waals surface area contributed by atoms with Crippen molar-refractivity contribution in [1.82, 2.24) is 19.5 Å². The van der Waals surface area contributed by atoms with Crippen LogP contribution < -0.4 is 5.32 Å². The molecule has 0 bridgehead atoms. The minimum Gasteiger partial charge on any atom is -0.394 e. The summed E-state index contributed by atoms with van der Waals surface area (Å²) in [6, 6.07) is -0.122. The lowest BCUT2D eigenvalue weighted by molar-refractivity contribution is -0.112. The molecule has 3 atom stereocenters. The van der Waals surface area contributed by atoms with Crippen LogP contribution in [0.2, 0.25) is 5.28 Å². The van der Waals surface area contributed by atoms with E-state index in [0.29, 0.717) is 30.0 Å². The van der Waals surface area contributed by atoms with Crippen molar-refractivity contribution in [2.24, 2.45) is 0 Å². The molecule has 1 aliphatic rings. The molecule has 2 aromatic heterocycles. The van der Waals surface area contributed by atoms with Crippen molar-refractivity contribution in [3.05, 3.63) is 11.6 Å². The summed E-state index contributed by atoms with van der Waals surface area (Å²) >= 11 is 5.93. The first-order valence-corrected chi connectivity index (χ1v) is 7.00. The molecule has 9 heteroatoms. The quantitative estimate of drug-likeness (QED) is 0.695. The molecular weight excluding hydrogens is 298 g/mol. The molecule has 0 saturated carbocycles. The first-order chi connectivity index (χ1) is 10.1. The van der Waals surface area contributed by atoms with E-state index in [1.54, 1.807) is 13.4 Å². The third kappa shape index (κ3) is 2.55. The molecule has 0 unspecified atom stereocenters. The average Bonchev–Trinajstić information content (AvgIpc) is 2.89. The Hall–Kier alpha value is -1.48. The van der Waals surface area contributed by atoms with E-state index in [1.807, 2.05) is 4.57 Å². The molecule has 1 aliphatic heterocycles. The first-order valence-electron chi connectivity index (χ1n) is 6.62. The first kappa shape index (κ1) is 14.5. The Morgan fingerprint density at radius 1 is 1.52 bits per heavy atom. The molecule has 21 heavy (non-hydrogen) atoms. The van der Waals surface area contributed by atoms with Gasteiger partial charge in [0.2, 0.25) is 5.28 Å². The number of anilines is 1. The average molecular weight is 314 g/mol. The number of ether oxygens (including phenoxy) is 1. The molecule has 0 aromatic carbocycles. The van der Waals surface area contributed by atoms with Crippen LogP contribution in [0, 0.1) is 0 Å². The standard InChI is InChI=1S/C12H16ClN5O3/c1-14-10-9-11(17-12(13)16-10)18(5-15-9)6-2-7(20)8(3-19)21-4-6/h5-8,19-20H,2-4H2,1H3,(H,14,16,17)/t6-,7-,8+/m0/s1. The van der Waals surface area contributed by atoms with Gasteiger partial charge < -0.3 is 24.8 Å².